The van der Waals surface area contributed by atoms with Gasteiger partial charge in [-0.05, 0) is 37.1 Å². The molecule has 2 aromatic rings. The van der Waals surface area contributed by atoms with Gasteiger partial charge in [0.1, 0.15) is 6.61 Å². The molecule has 0 heterocycles. The molecule has 0 spiro atoms. The lowest BCUT2D eigenvalue weighted by Gasteiger charge is -2.13. The van der Waals surface area contributed by atoms with Crippen LogP contribution in [0.5, 0.6) is 11.5 Å². The van der Waals surface area contributed by atoms with E-state index in [2.05, 4.69) is 0 Å². The summed E-state index contributed by atoms with van der Waals surface area (Å²) in [6.07, 6.45) is -0.0294. The number of carboxylic acids is 1. The van der Waals surface area contributed by atoms with Crippen molar-refractivity contribution in [3.05, 3.63) is 59.2 Å². The Hall–Kier alpha value is -2.49. The van der Waals surface area contributed by atoms with Crippen molar-refractivity contribution in [1.82, 2.24) is 0 Å². The molecular formula is C18H20O4. The molecule has 0 amide bonds. The van der Waals surface area contributed by atoms with Gasteiger partial charge in [0.15, 0.2) is 11.5 Å². The van der Waals surface area contributed by atoms with Gasteiger partial charge in [-0.1, -0.05) is 35.9 Å². The van der Waals surface area contributed by atoms with Crippen LogP contribution in [0.2, 0.25) is 0 Å². The molecule has 116 valence electrons. The number of rotatable bonds is 7. The van der Waals surface area contributed by atoms with E-state index >= 15 is 0 Å². The molecule has 0 saturated carbocycles. The summed E-state index contributed by atoms with van der Waals surface area (Å²) in [6.45, 7) is 4.86. The minimum absolute atomic E-state index is 0.0294. The smallest absolute Gasteiger partial charge is 0.307 e. The summed E-state index contributed by atoms with van der Waals surface area (Å²) in [5, 5.41) is 8.86. The van der Waals surface area contributed by atoms with Crippen molar-refractivity contribution in [3.63, 3.8) is 0 Å². The average molecular weight is 300 g/mol. The molecule has 4 nitrogen and oxygen atoms in total. The van der Waals surface area contributed by atoms with Crippen molar-refractivity contribution >= 4 is 5.97 Å². The Morgan fingerprint density at radius 3 is 2.32 bits per heavy atom. The topological polar surface area (TPSA) is 55.8 Å². The van der Waals surface area contributed by atoms with Gasteiger partial charge in [0.05, 0.1) is 13.0 Å². The fourth-order valence-electron chi connectivity index (χ4n) is 2.07. The Morgan fingerprint density at radius 1 is 1.00 bits per heavy atom. The normalized spacial score (nSPS) is 10.3. The van der Waals surface area contributed by atoms with Gasteiger partial charge in [-0.2, -0.15) is 0 Å². The molecular weight excluding hydrogens is 280 g/mol. The van der Waals surface area contributed by atoms with Crippen LogP contribution in [0.15, 0.2) is 42.5 Å². The first-order valence-corrected chi connectivity index (χ1v) is 7.24. The first-order chi connectivity index (χ1) is 10.6. The molecule has 0 bridgehead atoms. The lowest BCUT2D eigenvalue weighted by atomic mass is 10.1. The quantitative estimate of drug-likeness (QED) is 0.849. The van der Waals surface area contributed by atoms with Crippen LogP contribution in [0.25, 0.3) is 0 Å². The molecule has 0 fully saturated rings. The molecule has 0 atom stereocenters. The SMILES string of the molecule is CCOc1cc(CC(=O)O)ccc1OCc1ccc(C)cc1. The highest BCUT2D eigenvalue weighted by atomic mass is 16.5. The largest absolute Gasteiger partial charge is 0.490 e. The number of benzene rings is 2. The Kier molecular flexibility index (Phi) is 5.42. The molecule has 2 rings (SSSR count). The predicted octanol–water partition coefficient (Wildman–Crippen LogP) is 3.60. The van der Waals surface area contributed by atoms with E-state index in [1.54, 1.807) is 18.2 Å². The zero-order chi connectivity index (χ0) is 15.9. The number of ether oxygens (including phenoxy) is 2. The summed E-state index contributed by atoms with van der Waals surface area (Å²) in [7, 11) is 0. The van der Waals surface area contributed by atoms with E-state index in [1.807, 2.05) is 38.1 Å². The summed E-state index contributed by atoms with van der Waals surface area (Å²) in [5.41, 5.74) is 2.97. The summed E-state index contributed by atoms with van der Waals surface area (Å²) in [6, 6.07) is 13.4. The van der Waals surface area contributed by atoms with Crippen molar-refractivity contribution in [2.24, 2.45) is 0 Å². The summed E-state index contributed by atoms with van der Waals surface area (Å²) in [4.78, 5) is 10.8. The lowest BCUT2D eigenvalue weighted by Crippen LogP contribution is -2.03. The fraction of sp³-hybridized carbons (Fsp3) is 0.278. The van der Waals surface area contributed by atoms with Gasteiger partial charge in [0, 0.05) is 0 Å². The number of aliphatic carboxylic acids is 1. The summed E-state index contributed by atoms with van der Waals surface area (Å²) >= 11 is 0. The predicted molar refractivity (Wildman–Crippen MR) is 84.5 cm³/mol. The molecule has 1 N–H and O–H groups in total. The molecule has 0 aliphatic heterocycles. The second kappa shape index (κ2) is 7.50. The van der Waals surface area contributed by atoms with E-state index in [9.17, 15) is 4.79 Å². The monoisotopic (exact) mass is 300 g/mol. The van der Waals surface area contributed by atoms with Gasteiger partial charge < -0.3 is 14.6 Å². The number of carboxylic acid groups (broad SMARTS) is 1. The van der Waals surface area contributed by atoms with Crippen molar-refractivity contribution in [1.29, 1.82) is 0 Å². The average Bonchev–Trinajstić information content (AvgIpc) is 2.48. The van der Waals surface area contributed by atoms with Gasteiger partial charge >= 0.3 is 5.97 Å². The van der Waals surface area contributed by atoms with Gasteiger partial charge in [0.25, 0.3) is 0 Å². The van der Waals surface area contributed by atoms with Crippen LogP contribution in [-0.4, -0.2) is 17.7 Å². The maximum absolute atomic E-state index is 10.8. The van der Waals surface area contributed by atoms with E-state index in [0.29, 0.717) is 30.3 Å². The van der Waals surface area contributed by atoms with Crippen molar-refractivity contribution in [2.45, 2.75) is 26.9 Å². The maximum Gasteiger partial charge on any atom is 0.307 e. The number of hydrogen-bond acceptors (Lipinski definition) is 3. The highest BCUT2D eigenvalue weighted by molar-refractivity contribution is 5.70. The van der Waals surface area contributed by atoms with Crippen LogP contribution in [0.4, 0.5) is 0 Å². The molecule has 22 heavy (non-hydrogen) atoms. The first kappa shape index (κ1) is 15.9. The molecule has 0 radical (unpaired) electrons. The highest BCUT2D eigenvalue weighted by Gasteiger charge is 2.09. The van der Waals surface area contributed by atoms with Gasteiger partial charge in [-0.3, -0.25) is 4.79 Å². The fourth-order valence-corrected chi connectivity index (χ4v) is 2.07. The van der Waals surface area contributed by atoms with Gasteiger partial charge in [-0.15, -0.1) is 0 Å². The maximum atomic E-state index is 10.8. The molecule has 4 heteroatoms. The third kappa shape index (κ3) is 4.52. The third-order valence-corrected chi connectivity index (χ3v) is 3.18. The van der Waals surface area contributed by atoms with Crippen LogP contribution in [0, 0.1) is 6.92 Å². The second-order valence-corrected chi connectivity index (χ2v) is 5.06. The standard InChI is InChI=1S/C18H20O4/c1-3-21-17-10-15(11-18(19)20)8-9-16(17)22-12-14-6-4-13(2)5-7-14/h4-10H,3,11-12H2,1-2H3,(H,19,20). The van der Waals surface area contributed by atoms with Crippen LogP contribution >= 0.6 is 0 Å². The Labute approximate surface area is 130 Å². The van der Waals surface area contributed by atoms with Crippen molar-refractivity contribution in [2.75, 3.05) is 6.61 Å². The first-order valence-electron chi connectivity index (χ1n) is 7.24. The van der Waals surface area contributed by atoms with E-state index < -0.39 is 5.97 Å². The van der Waals surface area contributed by atoms with Crippen LogP contribution < -0.4 is 9.47 Å². The minimum atomic E-state index is -0.865. The van der Waals surface area contributed by atoms with Gasteiger partial charge in [0.2, 0.25) is 0 Å². The van der Waals surface area contributed by atoms with Crippen LogP contribution in [0.1, 0.15) is 23.6 Å². The minimum Gasteiger partial charge on any atom is -0.490 e. The summed E-state index contributed by atoms with van der Waals surface area (Å²) in [5.74, 6) is 0.334. The number of aryl methyl sites for hydroxylation is 1. The van der Waals surface area contributed by atoms with Crippen molar-refractivity contribution in [3.8, 4) is 11.5 Å². The molecule has 2 aromatic carbocycles. The Morgan fingerprint density at radius 2 is 1.68 bits per heavy atom. The lowest BCUT2D eigenvalue weighted by molar-refractivity contribution is -0.136. The van der Waals surface area contributed by atoms with E-state index in [0.717, 1.165) is 5.56 Å². The van der Waals surface area contributed by atoms with Crippen LogP contribution in [-0.2, 0) is 17.8 Å². The number of carbonyl (C=O) groups is 1. The zero-order valence-electron chi connectivity index (χ0n) is 12.8. The van der Waals surface area contributed by atoms with E-state index in [1.165, 1.54) is 5.56 Å². The van der Waals surface area contributed by atoms with Crippen molar-refractivity contribution < 1.29 is 19.4 Å². The molecule has 0 aliphatic carbocycles. The van der Waals surface area contributed by atoms with Crippen LogP contribution in [0.3, 0.4) is 0 Å². The van der Waals surface area contributed by atoms with Gasteiger partial charge in [-0.25, -0.2) is 0 Å². The Bertz CT molecular complexity index is 632. The number of hydrogen-bond donors (Lipinski definition) is 1. The second-order valence-electron chi connectivity index (χ2n) is 5.06. The van der Waals surface area contributed by atoms with E-state index in [4.69, 9.17) is 14.6 Å². The Balaban J connectivity index is 2.11. The molecule has 0 unspecified atom stereocenters. The zero-order valence-corrected chi connectivity index (χ0v) is 12.8. The summed E-state index contributed by atoms with van der Waals surface area (Å²) < 4.78 is 11.4. The molecule has 0 aliphatic rings. The highest BCUT2D eigenvalue weighted by Crippen LogP contribution is 2.29. The third-order valence-electron chi connectivity index (χ3n) is 3.18. The molecule has 0 aromatic heterocycles. The molecule has 0 saturated heterocycles. The van der Waals surface area contributed by atoms with E-state index in [-0.39, 0.29) is 6.42 Å².